The Balaban J connectivity index is 1.17. The molecule has 1 saturated heterocycles. The molecular formula is C30H33N5O4. The third kappa shape index (κ3) is 7.11. The summed E-state index contributed by atoms with van der Waals surface area (Å²) >= 11 is 0. The maximum Gasteiger partial charge on any atom is 0.231 e. The van der Waals surface area contributed by atoms with E-state index in [1.807, 2.05) is 42.5 Å². The number of Topliss-reactive ketones (excluding diaryl/α,β-unsaturated/α-hetero) is 1. The summed E-state index contributed by atoms with van der Waals surface area (Å²) in [6.07, 6.45) is 2.28. The lowest BCUT2D eigenvalue weighted by atomic mass is 9.93. The zero-order valence-corrected chi connectivity index (χ0v) is 22.6. The average Bonchev–Trinajstić information content (AvgIpc) is 3.56. The van der Waals surface area contributed by atoms with Crippen molar-refractivity contribution in [1.82, 2.24) is 24.7 Å². The van der Waals surface area contributed by atoms with E-state index in [1.165, 1.54) is 0 Å². The Morgan fingerprint density at radius 1 is 1.05 bits per heavy atom. The second-order valence-electron chi connectivity index (χ2n) is 10.7. The first-order chi connectivity index (χ1) is 18.8. The Morgan fingerprint density at radius 3 is 2.59 bits per heavy atom. The largest absolute Gasteiger partial charge is 0.475 e. The summed E-state index contributed by atoms with van der Waals surface area (Å²) < 4.78 is 18.3. The van der Waals surface area contributed by atoms with Crippen molar-refractivity contribution < 1.29 is 18.8 Å². The number of carbonyl (C=O) groups excluding carboxylic acids is 1. The van der Waals surface area contributed by atoms with Gasteiger partial charge in [-0.15, -0.1) is 5.10 Å². The Bertz CT molecular complexity index is 1480. The van der Waals surface area contributed by atoms with Gasteiger partial charge in [0, 0.05) is 49.2 Å². The normalized spacial score (nSPS) is 14.2. The van der Waals surface area contributed by atoms with E-state index in [2.05, 4.69) is 52.8 Å². The number of carbonyl (C=O) groups is 1. The van der Waals surface area contributed by atoms with Crippen LogP contribution in [0.1, 0.15) is 49.0 Å². The summed E-state index contributed by atoms with van der Waals surface area (Å²) in [6.45, 7) is 10.9. The fourth-order valence-electron chi connectivity index (χ4n) is 4.21. The molecule has 0 unspecified atom stereocenters. The lowest BCUT2D eigenvalue weighted by Crippen LogP contribution is -2.38. The molecule has 0 atom stereocenters. The molecule has 3 aromatic heterocycles. The lowest BCUT2D eigenvalue weighted by molar-refractivity contribution is -0.117. The molecule has 0 saturated carbocycles. The number of rotatable bonds is 8. The first kappa shape index (κ1) is 26.6. The van der Waals surface area contributed by atoms with Gasteiger partial charge in [-0.2, -0.15) is 0 Å². The van der Waals surface area contributed by atoms with Crippen LogP contribution < -0.4 is 4.74 Å². The number of morpholine rings is 1. The molecule has 9 heteroatoms. The van der Waals surface area contributed by atoms with Gasteiger partial charge in [0.1, 0.15) is 23.8 Å². The van der Waals surface area contributed by atoms with E-state index >= 15 is 0 Å². The van der Waals surface area contributed by atoms with E-state index in [4.69, 9.17) is 14.0 Å². The van der Waals surface area contributed by atoms with Crippen LogP contribution in [-0.2, 0) is 27.8 Å². The van der Waals surface area contributed by atoms with Gasteiger partial charge in [0.25, 0.3) is 0 Å². The van der Waals surface area contributed by atoms with Crippen LogP contribution in [0.4, 0.5) is 0 Å². The van der Waals surface area contributed by atoms with E-state index < -0.39 is 0 Å². The molecule has 4 heterocycles. The highest BCUT2D eigenvalue weighted by atomic mass is 16.5. The second kappa shape index (κ2) is 11.8. The van der Waals surface area contributed by atoms with Gasteiger partial charge in [0.15, 0.2) is 5.65 Å². The van der Waals surface area contributed by atoms with Crippen molar-refractivity contribution in [3.8, 4) is 17.7 Å². The summed E-state index contributed by atoms with van der Waals surface area (Å²) in [7, 11) is 0. The van der Waals surface area contributed by atoms with Gasteiger partial charge in [-0.05, 0) is 29.7 Å². The van der Waals surface area contributed by atoms with Crippen LogP contribution in [0.25, 0.3) is 5.65 Å². The van der Waals surface area contributed by atoms with E-state index in [1.54, 1.807) is 10.7 Å². The number of benzene rings is 1. The maximum atomic E-state index is 12.6. The number of fused-ring (bicyclic) bond motifs is 1. The maximum absolute atomic E-state index is 12.6. The van der Waals surface area contributed by atoms with Gasteiger partial charge in [-0.3, -0.25) is 9.69 Å². The van der Waals surface area contributed by atoms with Gasteiger partial charge in [0.2, 0.25) is 5.88 Å². The molecule has 0 amide bonds. The van der Waals surface area contributed by atoms with Gasteiger partial charge in [-0.25, -0.2) is 9.50 Å². The van der Waals surface area contributed by atoms with Crippen LogP contribution in [0.5, 0.6) is 5.88 Å². The molecule has 39 heavy (non-hydrogen) atoms. The van der Waals surface area contributed by atoms with E-state index in [9.17, 15) is 4.79 Å². The van der Waals surface area contributed by atoms with E-state index in [-0.39, 0.29) is 17.6 Å². The molecule has 0 aliphatic carbocycles. The van der Waals surface area contributed by atoms with Crippen molar-refractivity contribution >= 4 is 11.4 Å². The Labute approximate surface area is 228 Å². The van der Waals surface area contributed by atoms with Crippen LogP contribution in [-0.4, -0.2) is 69.9 Å². The highest BCUT2D eigenvalue weighted by molar-refractivity contribution is 5.82. The zero-order valence-electron chi connectivity index (χ0n) is 22.6. The molecule has 1 aliphatic heterocycles. The van der Waals surface area contributed by atoms with Gasteiger partial charge < -0.3 is 14.0 Å². The topological polar surface area (TPSA) is 95.0 Å². The first-order valence-electron chi connectivity index (χ1n) is 13.2. The lowest BCUT2D eigenvalue weighted by Gasteiger charge is -2.26. The third-order valence-electron chi connectivity index (χ3n) is 6.47. The number of ketones is 1. The highest BCUT2D eigenvalue weighted by Crippen LogP contribution is 2.23. The molecule has 4 aromatic rings. The molecule has 0 spiro atoms. The summed E-state index contributed by atoms with van der Waals surface area (Å²) in [5.74, 6) is 7.71. The van der Waals surface area contributed by atoms with Gasteiger partial charge in [-0.1, -0.05) is 44.0 Å². The molecule has 1 fully saturated rings. The van der Waals surface area contributed by atoms with Crippen molar-refractivity contribution in [3.63, 3.8) is 0 Å². The van der Waals surface area contributed by atoms with Crippen LogP contribution in [0.2, 0.25) is 0 Å². The number of aromatic nitrogens is 4. The minimum atomic E-state index is -0.135. The smallest absolute Gasteiger partial charge is 0.231 e. The quantitative estimate of drug-likeness (QED) is 0.322. The first-order valence-corrected chi connectivity index (χ1v) is 13.2. The fraction of sp³-hybridized carbons (Fsp3) is 0.400. The molecule has 1 aliphatic rings. The van der Waals surface area contributed by atoms with E-state index in [0.29, 0.717) is 35.9 Å². The molecule has 0 radical (unpaired) electrons. The summed E-state index contributed by atoms with van der Waals surface area (Å²) in [4.78, 5) is 19.3. The van der Waals surface area contributed by atoms with Crippen LogP contribution >= 0.6 is 0 Å². The van der Waals surface area contributed by atoms with Crippen molar-refractivity contribution in [2.45, 2.75) is 39.0 Å². The summed E-state index contributed by atoms with van der Waals surface area (Å²) in [6, 6.07) is 13.3. The Morgan fingerprint density at radius 2 is 1.85 bits per heavy atom. The van der Waals surface area contributed by atoms with Crippen LogP contribution in [0.3, 0.4) is 0 Å². The Hall–Kier alpha value is -4.00. The second-order valence-corrected chi connectivity index (χ2v) is 10.7. The average molecular weight is 528 g/mol. The number of nitrogens with zero attached hydrogens (tertiary/aromatic N) is 5. The van der Waals surface area contributed by atoms with Gasteiger partial charge in [0.05, 0.1) is 31.5 Å². The minimum absolute atomic E-state index is 0.0855. The molecule has 9 nitrogen and oxygen atoms in total. The monoisotopic (exact) mass is 527 g/mol. The van der Waals surface area contributed by atoms with Crippen molar-refractivity contribution in [1.29, 1.82) is 0 Å². The van der Waals surface area contributed by atoms with Gasteiger partial charge >= 0.3 is 0 Å². The predicted molar refractivity (Wildman–Crippen MR) is 146 cm³/mol. The Kier molecular flexibility index (Phi) is 8.05. The molecule has 1 aromatic carbocycles. The van der Waals surface area contributed by atoms with E-state index in [0.717, 1.165) is 49.7 Å². The van der Waals surface area contributed by atoms with Crippen LogP contribution in [0, 0.1) is 11.8 Å². The number of hydrogen-bond donors (Lipinski definition) is 0. The molecule has 202 valence electrons. The molecular weight excluding hydrogens is 494 g/mol. The zero-order chi connectivity index (χ0) is 27.2. The van der Waals surface area contributed by atoms with Crippen molar-refractivity contribution in [3.05, 3.63) is 76.9 Å². The summed E-state index contributed by atoms with van der Waals surface area (Å²) in [5, 5.41) is 8.61. The predicted octanol–water partition coefficient (Wildman–Crippen LogP) is 3.48. The minimum Gasteiger partial charge on any atom is -0.475 e. The fourth-order valence-corrected chi connectivity index (χ4v) is 4.21. The third-order valence-corrected chi connectivity index (χ3v) is 6.47. The highest BCUT2D eigenvalue weighted by Gasteiger charge is 2.20. The standard InChI is InChI=1S/C30H33N5O4/c1-30(2,3)27-20-24(33-39-27)19-26(36)18-23-6-4-22(5-7-23)8-9-25-21-31-28-10-11-29(32-35(25)28)38-17-14-34-12-15-37-16-13-34/h4-7,10-11,20-21H,12-19H2,1-3H3. The molecule has 0 N–H and O–H groups in total. The van der Waals surface area contributed by atoms with Crippen molar-refractivity contribution in [2.75, 3.05) is 39.5 Å². The molecule has 5 rings (SSSR count). The molecule has 0 bridgehead atoms. The SMILES string of the molecule is CC(C)(C)c1cc(CC(=O)Cc2ccc(C#Cc3cnc4ccc(OCCN5CCOCC5)nn34)cc2)no1. The number of imidazole rings is 1. The summed E-state index contributed by atoms with van der Waals surface area (Å²) in [5.41, 5.74) is 3.68. The van der Waals surface area contributed by atoms with Crippen molar-refractivity contribution in [2.24, 2.45) is 0 Å². The number of ether oxygens (including phenoxy) is 2. The van der Waals surface area contributed by atoms with Crippen LogP contribution in [0.15, 0.2) is 53.2 Å². The number of hydrogen-bond acceptors (Lipinski definition) is 8.